The molecule has 0 bridgehead atoms. The highest BCUT2D eigenvalue weighted by Gasteiger charge is 2.23. The van der Waals surface area contributed by atoms with Crippen LogP contribution in [0.2, 0.25) is 0 Å². The molecule has 1 aromatic heterocycles. The average Bonchev–Trinajstić information content (AvgIpc) is 2.82. The first-order valence-corrected chi connectivity index (χ1v) is 8.10. The van der Waals surface area contributed by atoms with E-state index in [1.54, 1.807) is 0 Å². The number of aliphatic imine (C=N–C) groups is 1. The maximum Gasteiger partial charge on any atom is 0.193 e. The van der Waals surface area contributed by atoms with Crippen LogP contribution in [0.25, 0.3) is 0 Å². The van der Waals surface area contributed by atoms with Crippen molar-refractivity contribution in [1.29, 1.82) is 0 Å². The van der Waals surface area contributed by atoms with Gasteiger partial charge in [0.15, 0.2) is 5.96 Å². The summed E-state index contributed by atoms with van der Waals surface area (Å²) in [6.07, 6.45) is 5.28. The van der Waals surface area contributed by atoms with Crippen LogP contribution >= 0.6 is 24.0 Å². The fourth-order valence-corrected chi connectivity index (χ4v) is 3.11. The summed E-state index contributed by atoms with van der Waals surface area (Å²) in [5, 5.41) is 7.74. The van der Waals surface area contributed by atoms with Crippen LogP contribution in [0, 0.1) is 18.8 Å². The van der Waals surface area contributed by atoms with Gasteiger partial charge in [-0.2, -0.15) is 5.10 Å². The number of likely N-dealkylation sites (tertiary alicyclic amines) is 1. The minimum atomic E-state index is 0. The summed E-state index contributed by atoms with van der Waals surface area (Å²) in [4.78, 5) is 7.19. The van der Waals surface area contributed by atoms with Gasteiger partial charge < -0.3 is 10.2 Å². The molecule has 0 spiro atoms. The van der Waals surface area contributed by atoms with Crippen molar-refractivity contribution in [2.75, 3.05) is 26.2 Å². The molecule has 1 N–H and O–H groups in total. The van der Waals surface area contributed by atoms with E-state index in [0.29, 0.717) is 0 Å². The van der Waals surface area contributed by atoms with Gasteiger partial charge in [0.05, 0.1) is 19.3 Å². The van der Waals surface area contributed by atoms with Gasteiger partial charge in [0.25, 0.3) is 0 Å². The van der Waals surface area contributed by atoms with Gasteiger partial charge >= 0.3 is 0 Å². The largest absolute Gasteiger partial charge is 0.357 e. The molecule has 1 fully saturated rings. The molecule has 126 valence electrons. The zero-order chi connectivity index (χ0) is 15.2. The highest BCUT2D eigenvalue weighted by molar-refractivity contribution is 14.0. The van der Waals surface area contributed by atoms with Crippen molar-refractivity contribution in [2.24, 2.45) is 16.8 Å². The molecular weight excluding hydrogens is 389 g/mol. The molecular formula is C16H30IN5. The Balaban J connectivity index is 0.00000242. The second-order valence-corrected chi connectivity index (χ2v) is 6.37. The number of nitrogens with one attached hydrogen (secondary N) is 1. The predicted molar refractivity (Wildman–Crippen MR) is 103 cm³/mol. The van der Waals surface area contributed by atoms with E-state index in [2.05, 4.69) is 49.2 Å². The van der Waals surface area contributed by atoms with E-state index >= 15 is 0 Å². The molecule has 5 nitrogen and oxygen atoms in total. The molecule has 0 aliphatic carbocycles. The Hall–Kier alpha value is -0.790. The van der Waals surface area contributed by atoms with Crippen LogP contribution in [-0.4, -0.2) is 46.8 Å². The maximum atomic E-state index is 4.78. The van der Waals surface area contributed by atoms with Crippen molar-refractivity contribution in [3.63, 3.8) is 0 Å². The topological polar surface area (TPSA) is 45.5 Å². The van der Waals surface area contributed by atoms with Crippen molar-refractivity contribution in [3.05, 3.63) is 18.0 Å². The molecule has 1 aromatic rings. The zero-order valence-corrected chi connectivity index (χ0v) is 16.6. The van der Waals surface area contributed by atoms with E-state index in [1.165, 1.54) is 12.0 Å². The second kappa shape index (κ2) is 9.37. The van der Waals surface area contributed by atoms with Gasteiger partial charge in [-0.1, -0.05) is 13.8 Å². The standard InChI is InChI=1S/C16H29N5.HI/c1-5-17-16(20-10-13(2)8-14(3)11-20)18-6-7-21-12-15(4)9-19-21;/h9,12-14H,5-8,10-11H2,1-4H3,(H,17,18);1H. The molecule has 2 heterocycles. The third-order valence-electron chi connectivity index (χ3n) is 3.86. The van der Waals surface area contributed by atoms with Crippen LogP contribution in [-0.2, 0) is 6.54 Å². The van der Waals surface area contributed by atoms with Gasteiger partial charge in [0.1, 0.15) is 0 Å². The number of rotatable bonds is 4. The lowest BCUT2D eigenvalue weighted by molar-refractivity contribution is 0.208. The second-order valence-electron chi connectivity index (χ2n) is 6.37. The van der Waals surface area contributed by atoms with E-state index < -0.39 is 0 Å². The van der Waals surface area contributed by atoms with Crippen LogP contribution in [0.3, 0.4) is 0 Å². The molecule has 1 aliphatic rings. The highest BCUT2D eigenvalue weighted by atomic mass is 127. The van der Waals surface area contributed by atoms with Crippen LogP contribution in [0.4, 0.5) is 0 Å². The van der Waals surface area contributed by atoms with E-state index in [4.69, 9.17) is 4.99 Å². The molecule has 2 unspecified atom stereocenters. The number of guanidine groups is 1. The van der Waals surface area contributed by atoms with Crippen LogP contribution in [0.15, 0.2) is 17.4 Å². The fraction of sp³-hybridized carbons (Fsp3) is 0.750. The number of aryl methyl sites for hydroxylation is 1. The molecule has 2 atom stereocenters. The maximum absolute atomic E-state index is 4.78. The zero-order valence-electron chi connectivity index (χ0n) is 14.2. The number of nitrogens with zero attached hydrogens (tertiary/aromatic N) is 4. The monoisotopic (exact) mass is 419 g/mol. The lowest BCUT2D eigenvalue weighted by Crippen LogP contribution is -2.48. The first kappa shape index (κ1) is 19.3. The first-order chi connectivity index (χ1) is 10.1. The SMILES string of the molecule is CCNC(=NCCn1cc(C)cn1)N1CC(C)CC(C)C1.I. The van der Waals surface area contributed by atoms with Gasteiger partial charge in [-0.15, -0.1) is 24.0 Å². The summed E-state index contributed by atoms with van der Waals surface area (Å²) in [6.45, 7) is 13.6. The smallest absolute Gasteiger partial charge is 0.193 e. The third kappa shape index (κ3) is 5.78. The minimum Gasteiger partial charge on any atom is -0.357 e. The number of hydrogen-bond acceptors (Lipinski definition) is 2. The number of hydrogen-bond donors (Lipinski definition) is 1. The Labute approximate surface area is 151 Å². The molecule has 1 aliphatic heterocycles. The molecule has 22 heavy (non-hydrogen) atoms. The van der Waals surface area contributed by atoms with Crippen LogP contribution in [0.1, 0.15) is 32.8 Å². The lowest BCUT2D eigenvalue weighted by atomic mass is 9.92. The van der Waals surface area contributed by atoms with E-state index in [9.17, 15) is 0 Å². The van der Waals surface area contributed by atoms with Gasteiger partial charge in [0, 0.05) is 25.8 Å². The summed E-state index contributed by atoms with van der Waals surface area (Å²) in [6, 6.07) is 0. The Morgan fingerprint density at radius 2 is 2.05 bits per heavy atom. The van der Waals surface area contributed by atoms with Crippen LogP contribution in [0.5, 0.6) is 0 Å². The Morgan fingerprint density at radius 3 is 2.59 bits per heavy atom. The predicted octanol–water partition coefficient (Wildman–Crippen LogP) is 2.75. The summed E-state index contributed by atoms with van der Waals surface area (Å²) >= 11 is 0. The van der Waals surface area contributed by atoms with E-state index in [1.807, 2.05) is 10.9 Å². The van der Waals surface area contributed by atoms with E-state index in [-0.39, 0.29) is 24.0 Å². The molecule has 6 heteroatoms. The van der Waals surface area contributed by atoms with Crippen molar-refractivity contribution < 1.29 is 0 Å². The number of halogens is 1. The molecule has 0 aromatic carbocycles. The molecule has 0 amide bonds. The van der Waals surface area contributed by atoms with Crippen molar-refractivity contribution in [1.82, 2.24) is 20.0 Å². The minimum absolute atomic E-state index is 0. The first-order valence-electron chi connectivity index (χ1n) is 8.10. The van der Waals surface area contributed by atoms with Crippen LogP contribution < -0.4 is 5.32 Å². The number of aromatic nitrogens is 2. The van der Waals surface area contributed by atoms with Crippen molar-refractivity contribution >= 4 is 29.9 Å². The van der Waals surface area contributed by atoms with Gasteiger partial charge in [-0.3, -0.25) is 9.67 Å². The summed E-state index contributed by atoms with van der Waals surface area (Å²) < 4.78 is 1.96. The Morgan fingerprint density at radius 1 is 1.36 bits per heavy atom. The molecule has 0 saturated carbocycles. The molecule has 0 radical (unpaired) electrons. The van der Waals surface area contributed by atoms with Gasteiger partial charge in [0.2, 0.25) is 0 Å². The fourth-order valence-electron chi connectivity index (χ4n) is 3.11. The summed E-state index contributed by atoms with van der Waals surface area (Å²) in [7, 11) is 0. The van der Waals surface area contributed by atoms with Crippen molar-refractivity contribution in [2.45, 2.75) is 40.7 Å². The quantitative estimate of drug-likeness (QED) is 0.464. The summed E-state index contributed by atoms with van der Waals surface area (Å²) in [5.74, 6) is 2.54. The van der Waals surface area contributed by atoms with Gasteiger partial charge in [-0.25, -0.2) is 0 Å². The Bertz CT molecular complexity index is 461. The Kier molecular flexibility index (Phi) is 8.20. The normalized spacial score (nSPS) is 22.4. The summed E-state index contributed by atoms with van der Waals surface area (Å²) in [5.41, 5.74) is 1.20. The third-order valence-corrected chi connectivity index (χ3v) is 3.86. The lowest BCUT2D eigenvalue weighted by Gasteiger charge is -2.37. The van der Waals surface area contributed by atoms with Gasteiger partial charge in [-0.05, 0) is 37.7 Å². The number of piperidine rings is 1. The highest BCUT2D eigenvalue weighted by Crippen LogP contribution is 2.20. The average molecular weight is 419 g/mol. The van der Waals surface area contributed by atoms with E-state index in [0.717, 1.165) is 50.5 Å². The molecule has 1 saturated heterocycles. The molecule has 2 rings (SSSR count). The van der Waals surface area contributed by atoms with Crippen molar-refractivity contribution in [3.8, 4) is 0 Å².